The third-order valence-corrected chi connectivity index (χ3v) is 9.67. The van der Waals surface area contributed by atoms with E-state index in [1.165, 1.54) is 49.4 Å². The van der Waals surface area contributed by atoms with Gasteiger partial charge in [0.25, 0.3) is 0 Å². The molecule has 0 unspecified atom stereocenters. The second-order valence-corrected chi connectivity index (χ2v) is 12.5. The molecular formula is C46H28O2. The van der Waals surface area contributed by atoms with E-state index in [0.29, 0.717) is 0 Å². The molecule has 0 atom stereocenters. The summed E-state index contributed by atoms with van der Waals surface area (Å²) in [7, 11) is 0. The van der Waals surface area contributed by atoms with Crippen LogP contribution >= 0.6 is 0 Å². The van der Waals surface area contributed by atoms with Crippen LogP contribution in [0.4, 0.5) is 0 Å². The summed E-state index contributed by atoms with van der Waals surface area (Å²) in [6.45, 7) is 0. The molecule has 0 amide bonds. The van der Waals surface area contributed by atoms with Crippen molar-refractivity contribution in [2.45, 2.75) is 0 Å². The van der Waals surface area contributed by atoms with Gasteiger partial charge in [-0.3, -0.25) is 0 Å². The molecule has 0 fully saturated rings. The van der Waals surface area contributed by atoms with Crippen molar-refractivity contribution in [1.82, 2.24) is 0 Å². The van der Waals surface area contributed by atoms with Gasteiger partial charge < -0.3 is 8.83 Å². The molecule has 0 aliphatic heterocycles. The standard InChI is InChI=1S/C46H28O2/c1-3-11-30(12-4-1)42-27-34-26-40-39-25-33(23-24-41(39)47-44(40)28-43(34)48-42)29-19-21-32(22-20-29)46-37-17-9-7-15-35(37)45(31-13-5-2-6-14-31)36-16-8-10-18-38(36)46/h1-28H. The van der Waals surface area contributed by atoms with Crippen LogP contribution in [0.3, 0.4) is 0 Å². The van der Waals surface area contributed by atoms with Crippen molar-refractivity contribution in [3.8, 4) is 44.7 Å². The molecule has 0 bridgehead atoms. The fourth-order valence-corrected chi connectivity index (χ4v) is 7.42. The Hall–Kier alpha value is -6.38. The van der Waals surface area contributed by atoms with Gasteiger partial charge in [0, 0.05) is 27.8 Å². The zero-order valence-electron chi connectivity index (χ0n) is 26.0. The number of benzene rings is 8. The van der Waals surface area contributed by atoms with E-state index in [2.05, 4.69) is 146 Å². The Kier molecular flexibility index (Phi) is 5.91. The fourth-order valence-electron chi connectivity index (χ4n) is 7.42. The summed E-state index contributed by atoms with van der Waals surface area (Å²) in [6.07, 6.45) is 0. The van der Waals surface area contributed by atoms with Gasteiger partial charge in [-0.25, -0.2) is 0 Å². The monoisotopic (exact) mass is 612 g/mol. The quantitative estimate of drug-likeness (QED) is 0.185. The van der Waals surface area contributed by atoms with Gasteiger partial charge >= 0.3 is 0 Å². The normalized spacial score (nSPS) is 11.8. The number of hydrogen-bond acceptors (Lipinski definition) is 2. The predicted molar refractivity (Wildman–Crippen MR) is 200 cm³/mol. The van der Waals surface area contributed by atoms with Crippen molar-refractivity contribution in [1.29, 1.82) is 0 Å². The van der Waals surface area contributed by atoms with Gasteiger partial charge in [-0.1, -0.05) is 140 Å². The summed E-state index contributed by atoms with van der Waals surface area (Å²) >= 11 is 0. The third kappa shape index (κ3) is 4.20. The van der Waals surface area contributed by atoms with E-state index in [1.807, 2.05) is 24.3 Å². The maximum Gasteiger partial charge on any atom is 0.139 e. The molecule has 2 heteroatoms. The van der Waals surface area contributed by atoms with Crippen molar-refractivity contribution >= 4 is 54.5 Å². The van der Waals surface area contributed by atoms with Crippen molar-refractivity contribution in [3.63, 3.8) is 0 Å². The van der Waals surface area contributed by atoms with Crippen LogP contribution < -0.4 is 0 Å². The lowest BCUT2D eigenvalue weighted by molar-refractivity contribution is 0.628. The molecule has 10 rings (SSSR count). The molecule has 0 aliphatic carbocycles. The van der Waals surface area contributed by atoms with E-state index in [4.69, 9.17) is 8.83 Å². The zero-order chi connectivity index (χ0) is 31.6. The summed E-state index contributed by atoms with van der Waals surface area (Å²) in [6, 6.07) is 60.4. The number of furan rings is 2. The summed E-state index contributed by atoms with van der Waals surface area (Å²) < 4.78 is 12.5. The second-order valence-electron chi connectivity index (χ2n) is 12.5. The van der Waals surface area contributed by atoms with Crippen LogP contribution in [-0.4, -0.2) is 0 Å². The van der Waals surface area contributed by atoms with Gasteiger partial charge in [0.05, 0.1) is 0 Å². The molecule has 10 aromatic rings. The first-order valence-corrected chi connectivity index (χ1v) is 16.3. The lowest BCUT2D eigenvalue weighted by Crippen LogP contribution is -1.90. The molecule has 0 radical (unpaired) electrons. The van der Waals surface area contributed by atoms with Crippen molar-refractivity contribution in [2.24, 2.45) is 0 Å². The minimum atomic E-state index is 0.827. The summed E-state index contributed by atoms with van der Waals surface area (Å²) in [4.78, 5) is 0. The van der Waals surface area contributed by atoms with Gasteiger partial charge in [-0.2, -0.15) is 0 Å². The number of rotatable bonds is 4. The molecule has 0 spiro atoms. The van der Waals surface area contributed by atoms with Crippen LogP contribution in [0.1, 0.15) is 0 Å². The number of fused-ring (bicyclic) bond motifs is 6. The Bertz CT molecular complexity index is 2750. The molecule has 0 saturated heterocycles. The molecule has 0 N–H and O–H groups in total. The van der Waals surface area contributed by atoms with Crippen LogP contribution in [-0.2, 0) is 0 Å². The average Bonchev–Trinajstić information content (AvgIpc) is 3.74. The molecule has 2 aromatic heterocycles. The molecular weight excluding hydrogens is 585 g/mol. The minimum Gasteiger partial charge on any atom is -0.456 e. The first-order chi connectivity index (χ1) is 23.8. The van der Waals surface area contributed by atoms with E-state index in [0.717, 1.165) is 49.8 Å². The first kappa shape index (κ1) is 26.8. The van der Waals surface area contributed by atoms with Gasteiger partial charge in [0.1, 0.15) is 22.5 Å². The summed E-state index contributed by atoms with van der Waals surface area (Å²) in [5.74, 6) is 0.860. The van der Waals surface area contributed by atoms with E-state index in [1.54, 1.807) is 0 Å². The van der Waals surface area contributed by atoms with Gasteiger partial charge in [0.2, 0.25) is 0 Å². The molecule has 8 aromatic carbocycles. The number of hydrogen-bond donors (Lipinski definition) is 0. The molecule has 2 nitrogen and oxygen atoms in total. The van der Waals surface area contributed by atoms with Crippen LogP contribution in [0.25, 0.3) is 99.2 Å². The SMILES string of the molecule is c1ccc(-c2cc3cc4c(cc3o2)oc2ccc(-c3ccc(-c5c6ccccc6c(-c6ccccc6)c6ccccc56)cc3)cc24)cc1. The highest BCUT2D eigenvalue weighted by Gasteiger charge is 2.17. The van der Waals surface area contributed by atoms with E-state index >= 15 is 0 Å². The van der Waals surface area contributed by atoms with E-state index < -0.39 is 0 Å². The lowest BCUT2D eigenvalue weighted by Gasteiger charge is -2.18. The van der Waals surface area contributed by atoms with Crippen molar-refractivity contribution < 1.29 is 8.83 Å². The van der Waals surface area contributed by atoms with Crippen molar-refractivity contribution in [3.05, 3.63) is 170 Å². The Morgan fingerprint density at radius 2 is 0.771 bits per heavy atom. The largest absolute Gasteiger partial charge is 0.456 e. The fraction of sp³-hybridized carbons (Fsp3) is 0. The Morgan fingerprint density at radius 1 is 0.271 bits per heavy atom. The van der Waals surface area contributed by atoms with Gasteiger partial charge in [-0.15, -0.1) is 0 Å². The molecule has 0 aliphatic rings. The maximum absolute atomic E-state index is 6.31. The molecule has 224 valence electrons. The van der Waals surface area contributed by atoms with E-state index in [-0.39, 0.29) is 0 Å². The predicted octanol–water partition coefficient (Wildman–Crippen LogP) is 13.3. The summed E-state index contributed by atoms with van der Waals surface area (Å²) in [5, 5.41) is 8.31. The third-order valence-electron chi connectivity index (χ3n) is 9.67. The molecule has 2 heterocycles. The van der Waals surface area contributed by atoms with Crippen molar-refractivity contribution in [2.75, 3.05) is 0 Å². The Morgan fingerprint density at radius 3 is 1.40 bits per heavy atom. The highest BCUT2D eigenvalue weighted by molar-refractivity contribution is 6.21. The van der Waals surface area contributed by atoms with E-state index in [9.17, 15) is 0 Å². The Labute approximate surface area is 277 Å². The highest BCUT2D eigenvalue weighted by Crippen LogP contribution is 2.44. The first-order valence-electron chi connectivity index (χ1n) is 16.3. The maximum atomic E-state index is 6.31. The van der Waals surface area contributed by atoms with Crippen LogP contribution in [0, 0.1) is 0 Å². The van der Waals surface area contributed by atoms with Crippen LogP contribution in [0.5, 0.6) is 0 Å². The highest BCUT2D eigenvalue weighted by atomic mass is 16.3. The topological polar surface area (TPSA) is 26.3 Å². The van der Waals surface area contributed by atoms with Gasteiger partial charge in [0.15, 0.2) is 0 Å². The van der Waals surface area contributed by atoms with Crippen LogP contribution in [0.2, 0.25) is 0 Å². The van der Waals surface area contributed by atoms with Crippen LogP contribution in [0.15, 0.2) is 179 Å². The molecule has 0 saturated carbocycles. The average molecular weight is 613 g/mol. The van der Waals surface area contributed by atoms with Gasteiger partial charge in [-0.05, 0) is 79.2 Å². The summed E-state index contributed by atoms with van der Waals surface area (Å²) in [5.41, 5.74) is 10.9. The minimum absolute atomic E-state index is 0.827. The zero-order valence-corrected chi connectivity index (χ0v) is 26.0. The second kappa shape index (κ2) is 10.6. The Balaban J connectivity index is 1.08. The lowest BCUT2D eigenvalue weighted by atomic mass is 9.86. The smallest absolute Gasteiger partial charge is 0.139 e. The molecule has 48 heavy (non-hydrogen) atoms.